The molecule has 0 atom stereocenters. The summed E-state index contributed by atoms with van der Waals surface area (Å²) in [6, 6.07) is 2.59. The molecular weight excluding hydrogens is 390 g/mol. The zero-order valence-electron chi connectivity index (χ0n) is 14.1. The van der Waals surface area contributed by atoms with Crippen molar-refractivity contribution in [2.75, 3.05) is 37.6 Å². The fraction of sp³-hybridized carbons (Fsp3) is 0.438. The third kappa shape index (κ3) is 4.95. The molecule has 0 unspecified atom stereocenters. The lowest BCUT2D eigenvalue weighted by atomic mass is 10.2. The summed E-state index contributed by atoms with van der Waals surface area (Å²) in [7, 11) is 0. The number of aromatic amines is 1. The second kappa shape index (κ2) is 7.81. The third-order valence-corrected chi connectivity index (χ3v) is 4.48. The van der Waals surface area contributed by atoms with E-state index >= 15 is 0 Å². The maximum absolute atomic E-state index is 13.4. The highest BCUT2D eigenvalue weighted by atomic mass is 35.5. The second-order valence-corrected chi connectivity index (χ2v) is 6.53. The summed E-state index contributed by atoms with van der Waals surface area (Å²) in [6.45, 7) is 0.0762. The number of aromatic nitrogens is 3. The summed E-state index contributed by atoms with van der Waals surface area (Å²) in [5, 5.41) is -0.155. The predicted octanol–water partition coefficient (Wildman–Crippen LogP) is 2.70. The average molecular weight is 406 g/mol. The van der Waals surface area contributed by atoms with Crippen molar-refractivity contribution < 1.29 is 17.6 Å². The molecule has 146 valence electrons. The van der Waals surface area contributed by atoms with E-state index in [-0.39, 0.29) is 36.3 Å². The van der Waals surface area contributed by atoms with Gasteiger partial charge in [0.05, 0.1) is 6.54 Å². The molecule has 0 radical (unpaired) electrons. The van der Waals surface area contributed by atoms with Crippen molar-refractivity contribution >= 4 is 17.4 Å². The molecular formula is C16H16ClF4N5O. The quantitative estimate of drug-likeness (QED) is 0.628. The number of hydrogen-bond acceptors (Lipinski definition) is 5. The molecule has 1 aliphatic rings. The van der Waals surface area contributed by atoms with Crippen LogP contribution in [0.3, 0.4) is 0 Å². The number of pyridine rings is 1. The molecule has 3 rings (SSSR count). The molecule has 1 aliphatic heterocycles. The molecule has 27 heavy (non-hydrogen) atoms. The molecule has 0 aromatic carbocycles. The Morgan fingerprint density at radius 2 is 2.00 bits per heavy atom. The first-order valence-corrected chi connectivity index (χ1v) is 8.56. The zero-order chi connectivity index (χ0) is 19.6. The first-order chi connectivity index (χ1) is 12.7. The van der Waals surface area contributed by atoms with Gasteiger partial charge in [-0.05, 0) is 12.5 Å². The van der Waals surface area contributed by atoms with Gasteiger partial charge in [0.25, 0.3) is 5.56 Å². The molecule has 0 aliphatic carbocycles. The van der Waals surface area contributed by atoms with Crippen molar-refractivity contribution in [3.63, 3.8) is 0 Å². The predicted molar refractivity (Wildman–Crippen MR) is 92.4 cm³/mol. The first kappa shape index (κ1) is 19.6. The van der Waals surface area contributed by atoms with Gasteiger partial charge in [-0.2, -0.15) is 17.6 Å². The van der Waals surface area contributed by atoms with Crippen LogP contribution in [0.25, 0.3) is 11.4 Å². The van der Waals surface area contributed by atoms with Crippen LogP contribution in [-0.2, 0) is 0 Å². The Labute approximate surface area is 156 Å². The number of anilines is 1. The third-order valence-electron chi connectivity index (χ3n) is 4.14. The monoisotopic (exact) mass is 405 g/mol. The van der Waals surface area contributed by atoms with E-state index in [2.05, 4.69) is 15.0 Å². The van der Waals surface area contributed by atoms with E-state index < -0.39 is 24.2 Å². The van der Waals surface area contributed by atoms with Crippen LogP contribution in [0.4, 0.5) is 23.4 Å². The fourth-order valence-corrected chi connectivity index (χ4v) is 3.15. The van der Waals surface area contributed by atoms with E-state index in [9.17, 15) is 22.4 Å². The Bertz CT molecular complexity index is 873. The topological polar surface area (TPSA) is 65.1 Å². The second-order valence-electron chi connectivity index (χ2n) is 6.15. The van der Waals surface area contributed by atoms with Crippen molar-refractivity contribution in [2.24, 2.45) is 0 Å². The molecule has 2 aromatic rings. The minimum absolute atomic E-state index is 0.108. The van der Waals surface area contributed by atoms with Crippen LogP contribution in [0.15, 0.2) is 23.1 Å². The van der Waals surface area contributed by atoms with Gasteiger partial charge >= 0.3 is 6.18 Å². The molecule has 2 aromatic heterocycles. The van der Waals surface area contributed by atoms with Crippen LogP contribution in [-0.4, -0.2) is 58.8 Å². The molecule has 11 heteroatoms. The molecule has 0 saturated carbocycles. The lowest BCUT2D eigenvalue weighted by Crippen LogP contribution is -2.37. The summed E-state index contributed by atoms with van der Waals surface area (Å²) < 4.78 is 51.2. The Morgan fingerprint density at radius 1 is 1.22 bits per heavy atom. The van der Waals surface area contributed by atoms with Gasteiger partial charge in [-0.15, -0.1) is 0 Å². The Kier molecular flexibility index (Phi) is 5.66. The van der Waals surface area contributed by atoms with Gasteiger partial charge in [0.1, 0.15) is 10.8 Å². The van der Waals surface area contributed by atoms with Crippen molar-refractivity contribution in [3.8, 4) is 11.4 Å². The number of hydrogen-bond donors (Lipinski definition) is 1. The number of nitrogens with one attached hydrogen (secondary N) is 1. The molecule has 1 N–H and O–H groups in total. The Morgan fingerprint density at radius 3 is 2.70 bits per heavy atom. The minimum atomic E-state index is -4.27. The lowest BCUT2D eigenvalue weighted by Gasteiger charge is -2.24. The number of rotatable bonds is 3. The van der Waals surface area contributed by atoms with Crippen LogP contribution in [0, 0.1) is 5.95 Å². The van der Waals surface area contributed by atoms with E-state index in [0.29, 0.717) is 18.5 Å². The molecule has 0 amide bonds. The van der Waals surface area contributed by atoms with Crippen LogP contribution in [0.2, 0.25) is 5.02 Å². The first-order valence-electron chi connectivity index (χ1n) is 8.19. The van der Waals surface area contributed by atoms with Gasteiger partial charge in [0.2, 0.25) is 5.95 Å². The van der Waals surface area contributed by atoms with Crippen LogP contribution in [0.1, 0.15) is 6.42 Å². The molecule has 3 heterocycles. The van der Waals surface area contributed by atoms with E-state index in [1.165, 1.54) is 17.2 Å². The highest BCUT2D eigenvalue weighted by Gasteiger charge is 2.31. The summed E-state index contributed by atoms with van der Waals surface area (Å²) >= 11 is 6.09. The van der Waals surface area contributed by atoms with E-state index in [1.54, 1.807) is 4.90 Å². The van der Waals surface area contributed by atoms with Crippen molar-refractivity contribution in [3.05, 3.63) is 39.7 Å². The molecule has 0 bridgehead atoms. The molecule has 0 spiro atoms. The van der Waals surface area contributed by atoms with E-state index in [4.69, 9.17) is 11.6 Å². The standard InChI is InChI=1S/C16H16ClF4N5O/c17-12-14(26-5-1-4-25(6-7-26)9-16(19,20)21)23-13(24-15(12)27)10-2-3-22-11(18)8-10/h2-3,8H,1,4-7,9H2,(H,23,24,27). The van der Waals surface area contributed by atoms with Gasteiger partial charge < -0.3 is 9.88 Å². The van der Waals surface area contributed by atoms with Crippen LogP contribution < -0.4 is 10.5 Å². The van der Waals surface area contributed by atoms with Gasteiger partial charge in [-0.25, -0.2) is 9.97 Å². The van der Waals surface area contributed by atoms with E-state index in [0.717, 1.165) is 6.07 Å². The highest BCUT2D eigenvalue weighted by Crippen LogP contribution is 2.25. The lowest BCUT2D eigenvalue weighted by molar-refractivity contribution is -0.145. The summed E-state index contributed by atoms with van der Waals surface area (Å²) in [5.74, 6) is -0.456. The zero-order valence-corrected chi connectivity index (χ0v) is 14.8. The van der Waals surface area contributed by atoms with Gasteiger partial charge in [0.15, 0.2) is 5.82 Å². The maximum atomic E-state index is 13.4. The fourth-order valence-electron chi connectivity index (χ4n) is 2.94. The molecule has 1 fully saturated rings. The maximum Gasteiger partial charge on any atom is 0.401 e. The van der Waals surface area contributed by atoms with Crippen LogP contribution >= 0.6 is 11.6 Å². The number of H-pyrrole nitrogens is 1. The van der Waals surface area contributed by atoms with Crippen molar-refractivity contribution in [1.82, 2.24) is 19.9 Å². The summed E-state index contributed by atoms with van der Waals surface area (Å²) in [4.78, 5) is 25.4. The average Bonchev–Trinajstić information content (AvgIpc) is 2.81. The van der Waals surface area contributed by atoms with Gasteiger partial charge in [0, 0.05) is 44.0 Å². The minimum Gasteiger partial charge on any atom is -0.354 e. The SMILES string of the molecule is O=c1[nH]c(-c2ccnc(F)c2)nc(N2CCCN(CC(F)(F)F)CC2)c1Cl. The number of halogens is 5. The molecule has 6 nitrogen and oxygen atoms in total. The summed E-state index contributed by atoms with van der Waals surface area (Å²) in [5.41, 5.74) is -0.295. The number of alkyl halides is 3. The molecule has 1 saturated heterocycles. The Hall–Kier alpha value is -2.20. The van der Waals surface area contributed by atoms with E-state index in [1.807, 2.05) is 0 Å². The van der Waals surface area contributed by atoms with Gasteiger partial charge in [-0.3, -0.25) is 9.69 Å². The smallest absolute Gasteiger partial charge is 0.354 e. The van der Waals surface area contributed by atoms with Crippen molar-refractivity contribution in [2.45, 2.75) is 12.6 Å². The van der Waals surface area contributed by atoms with Crippen molar-refractivity contribution in [1.29, 1.82) is 0 Å². The van der Waals surface area contributed by atoms with Crippen LogP contribution in [0.5, 0.6) is 0 Å². The summed E-state index contributed by atoms with van der Waals surface area (Å²) in [6.07, 6.45) is -2.58. The number of nitrogens with zero attached hydrogens (tertiary/aromatic N) is 4. The largest absolute Gasteiger partial charge is 0.401 e. The normalized spacial score (nSPS) is 16.4. The Balaban J connectivity index is 1.87. The van der Waals surface area contributed by atoms with Gasteiger partial charge in [-0.1, -0.05) is 11.6 Å². The highest BCUT2D eigenvalue weighted by molar-refractivity contribution is 6.32.